The molecule has 0 aliphatic carbocycles. The first-order chi connectivity index (χ1) is 29.2. The van der Waals surface area contributed by atoms with E-state index in [0.29, 0.717) is 79.3 Å². The Morgan fingerprint density at radius 2 is 0.450 bits per heavy atom. The van der Waals surface area contributed by atoms with Crippen molar-refractivity contribution >= 4 is 76.5 Å². The zero-order valence-corrected chi connectivity index (χ0v) is 47.3. The summed E-state index contributed by atoms with van der Waals surface area (Å²) < 4.78 is 77.1. The van der Waals surface area contributed by atoms with Gasteiger partial charge in [0, 0.05) is 90.8 Å². The summed E-state index contributed by atoms with van der Waals surface area (Å²) in [5.74, 6) is 2.35. The number of rotatable bonds is 47. The minimum absolute atomic E-state index is 0.158. The van der Waals surface area contributed by atoms with Crippen LogP contribution in [-0.2, 0) is 53.1 Å². The maximum Gasteiger partial charge on any atom is 0.508 e. The van der Waals surface area contributed by atoms with Gasteiger partial charge in [0.1, 0.15) is 0 Å². The van der Waals surface area contributed by atoms with Crippen molar-refractivity contribution in [1.82, 2.24) is 0 Å². The van der Waals surface area contributed by atoms with Gasteiger partial charge >= 0.3 is 35.2 Å². The van der Waals surface area contributed by atoms with Gasteiger partial charge in [-0.1, -0.05) is 73.0 Å². The molecule has 0 N–H and O–H groups in total. The average molecular weight is 1000 g/mol. The second-order valence-corrected chi connectivity index (χ2v) is 32.1. The normalized spacial score (nSPS) is 13.1. The van der Waals surface area contributed by atoms with Crippen LogP contribution in [0.15, 0.2) is 0 Å². The number of unbranched alkanes of at least 4 members (excludes halogenated alkanes) is 8. The van der Waals surface area contributed by atoms with E-state index in [-0.39, 0.29) is 10.3 Å². The molecule has 0 unspecified atom stereocenters. The molecule has 362 valence electrons. The zero-order chi connectivity index (χ0) is 44.9. The molecule has 0 aromatic heterocycles. The van der Waals surface area contributed by atoms with E-state index in [1.165, 1.54) is 50.0 Å². The third kappa shape index (κ3) is 23.0. The van der Waals surface area contributed by atoms with Crippen molar-refractivity contribution < 1.29 is 53.1 Å². The first-order valence-electron chi connectivity index (χ1n) is 23.4. The fourth-order valence-electron chi connectivity index (χ4n) is 7.45. The van der Waals surface area contributed by atoms with E-state index < -0.39 is 35.2 Å². The summed E-state index contributed by atoms with van der Waals surface area (Å²) in [6.45, 7) is 30.2. The van der Waals surface area contributed by atoms with Crippen molar-refractivity contribution in [3.63, 3.8) is 0 Å². The molecule has 0 radical (unpaired) electrons. The van der Waals surface area contributed by atoms with Crippen molar-refractivity contribution in [3.05, 3.63) is 0 Å². The van der Waals surface area contributed by atoms with Gasteiger partial charge in [-0.25, -0.2) is 0 Å². The van der Waals surface area contributed by atoms with E-state index in [2.05, 4.69) is 0 Å². The van der Waals surface area contributed by atoms with Crippen LogP contribution in [0.1, 0.15) is 160 Å². The molecule has 0 atom stereocenters. The highest BCUT2D eigenvalue weighted by molar-refractivity contribution is 9.26. The first-order valence-corrected chi connectivity index (χ1v) is 35.8. The molecule has 0 saturated carbocycles. The van der Waals surface area contributed by atoms with E-state index in [1.807, 2.05) is 124 Å². The van der Waals surface area contributed by atoms with Crippen molar-refractivity contribution in [1.29, 1.82) is 0 Å². The Morgan fingerprint density at radius 3 is 0.650 bits per heavy atom. The summed E-state index contributed by atoms with van der Waals surface area (Å²) in [7, 11) is -4.83. The molecule has 0 fully saturated rings. The predicted octanol–water partition coefficient (Wildman–Crippen LogP) is 12.4. The second kappa shape index (κ2) is 39.9. The molecule has 0 rings (SSSR count). The smallest absolute Gasteiger partial charge is 0.374 e. The fourth-order valence-corrected chi connectivity index (χ4v) is 30.6. The van der Waals surface area contributed by atoms with Crippen LogP contribution in [0.25, 0.3) is 0 Å². The molecular weight excluding hydrogens is 913 g/mol. The molecule has 0 saturated heterocycles. The van der Waals surface area contributed by atoms with Gasteiger partial charge in [-0.2, -0.15) is 0 Å². The van der Waals surface area contributed by atoms with Gasteiger partial charge in [-0.3, -0.25) is 0 Å². The van der Waals surface area contributed by atoms with Gasteiger partial charge < -0.3 is 53.1 Å². The average Bonchev–Trinajstić information content (AvgIpc) is 3.21. The van der Waals surface area contributed by atoms with Gasteiger partial charge in [-0.05, 0) is 128 Å². The van der Waals surface area contributed by atoms with E-state index in [0.717, 1.165) is 38.5 Å². The van der Waals surface area contributed by atoms with Crippen LogP contribution >= 0.6 is 41.2 Å². The lowest BCUT2D eigenvalue weighted by Crippen LogP contribution is -2.64. The van der Waals surface area contributed by atoms with Crippen LogP contribution in [-0.4, -0.2) is 126 Å². The Kier molecular flexibility index (Phi) is 41.1. The summed E-state index contributed by atoms with van der Waals surface area (Å²) in [5.41, 5.74) is 0. The molecule has 0 aliphatic rings. The summed E-state index contributed by atoms with van der Waals surface area (Å²) in [5, 5.41) is -0.317. The Labute approximate surface area is 388 Å². The molecule has 60 heavy (non-hydrogen) atoms. The molecule has 0 aromatic rings. The molecule has 12 nitrogen and oxygen atoms in total. The molecule has 0 aliphatic heterocycles. The highest BCUT2D eigenvalue weighted by Crippen LogP contribution is 2.45. The van der Waals surface area contributed by atoms with E-state index in [1.54, 1.807) is 0 Å². The van der Waals surface area contributed by atoms with Gasteiger partial charge in [0.15, 0.2) is 0 Å². The van der Waals surface area contributed by atoms with Crippen LogP contribution in [0.5, 0.6) is 0 Å². The van der Waals surface area contributed by atoms with Gasteiger partial charge in [0.25, 0.3) is 0 Å². The van der Waals surface area contributed by atoms with E-state index >= 15 is 0 Å². The molecule has 0 amide bonds. The molecule has 0 spiro atoms. The van der Waals surface area contributed by atoms with E-state index in [4.69, 9.17) is 53.1 Å². The molecule has 0 heterocycles. The number of hydrogen-bond donors (Lipinski definition) is 0. The van der Waals surface area contributed by atoms with Gasteiger partial charge in [0.2, 0.25) is 0 Å². The van der Waals surface area contributed by atoms with Crippen molar-refractivity contribution in [3.8, 4) is 0 Å². The Hall–Kier alpha value is 1.79. The minimum Gasteiger partial charge on any atom is -0.374 e. The lowest BCUT2D eigenvalue weighted by molar-refractivity contribution is 0.0295. The van der Waals surface area contributed by atoms with Crippen LogP contribution in [0.4, 0.5) is 0 Å². The summed E-state index contributed by atoms with van der Waals surface area (Å²) in [6.07, 6.45) is 13.3. The van der Waals surface area contributed by atoms with Crippen LogP contribution in [0.3, 0.4) is 0 Å². The van der Waals surface area contributed by atoms with Gasteiger partial charge in [0.05, 0.1) is 10.3 Å². The first kappa shape index (κ1) is 61.8. The lowest BCUT2D eigenvalue weighted by Gasteiger charge is -2.42. The largest absolute Gasteiger partial charge is 0.508 e. The van der Waals surface area contributed by atoms with Crippen molar-refractivity contribution in [2.45, 2.75) is 170 Å². The maximum atomic E-state index is 6.43. The number of hydrogen-bond acceptors (Lipinski definition) is 16. The lowest BCUT2D eigenvalue weighted by atomic mass is 10.1. The van der Waals surface area contributed by atoms with E-state index in [9.17, 15) is 0 Å². The molecular formula is C40H90O12S4Si4. The van der Waals surface area contributed by atoms with Crippen LogP contribution in [0.2, 0.25) is 10.3 Å². The fraction of sp³-hybridized carbons (Fsp3) is 1.00. The zero-order valence-electron chi connectivity index (χ0n) is 40.1. The minimum atomic E-state index is -3.16. The highest BCUT2D eigenvalue weighted by Gasteiger charge is 2.66. The molecule has 20 heteroatoms. The van der Waals surface area contributed by atoms with Crippen LogP contribution < -0.4 is 0 Å². The SMILES string of the molecule is CCO[Si](OCC)(OCC)C(CCCCCCCSSSSCCCCCCCC([Si](OCC)(OCC)OCC)[Si](OCC)(OCC)OCC)[Si](OCC)(OCC)OCC. The second-order valence-electron chi connectivity index (χ2n) is 13.6. The van der Waals surface area contributed by atoms with Crippen molar-refractivity contribution in [2.24, 2.45) is 0 Å². The summed E-state index contributed by atoms with van der Waals surface area (Å²) in [6, 6.07) is 0. The summed E-state index contributed by atoms with van der Waals surface area (Å²) >= 11 is 0. The Balaban J connectivity index is 4.79. The standard InChI is InChI=1S/C40H90O12S4Si4/c1-13-41-57(42-14-2,43-15-3)39(58(44-16-4,45-17-5)46-18-6)35-31-27-25-29-33-37-53-55-56-54-38-34-30-26-28-32-36-40(59(47-19-7,48-20-8)49-21-9)60(50-22-10,51-23-11)52-24-12/h39-40H,13-38H2,1-12H3. The Morgan fingerprint density at radius 1 is 0.267 bits per heavy atom. The van der Waals surface area contributed by atoms with Crippen molar-refractivity contribution in [2.75, 3.05) is 90.8 Å². The predicted molar refractivity (Wildman–Crippen MR) is 266 cm³/mol. The monoisotopic (exact) mass is 1000 g/mol. The van der Waals surface area contributed by atoms with Gasteiger partial charge in [-0.15, -0.1) is 0 Å². The van der Waals surface area contributed by atoms with Crippen LogP contribution in [0, 0.1) is 0 Å². The topological polar surface area (TPSA) is 111 Å². The quantitative estimate of drug-likeness (QED) is 0.0327. The third-order valence-electron chi connectivity index (χ3n) is 9.42. The maximum absolute atomic E-state index is 6.43. The third-order valence-corrected chi connectivity index (χ3v) is 33.2. The molecule has 0 bridgehead atoms. The molecule has 0 aromatic carbocycles. The summed E-state index contributed by atoms with van der Waals surface area (Å²) in [4.78, 5) is 0. The highest BCUT2D eigenvalue weighted by atomic mass is 33.7. The Bertz CT molecular complexity index is 771.